The second kappa shape index (κ2) is 7.01. The number of allylic oxidation sites excluding steroid dienone is 1. The average molecular weight is 387 g/mol. The fourth-order valence-corrected chi connectivity index (χ4v) is 4.36. The molecule has 134 valence electrons. The van der Waals surface area contributed by atoms with E-state index in [0.717, 1.165) is 46.7 Å². The van der Waals surface area contributed by atoms with Crippen LogP contribution in [-0.2, 0) is 0 Å². The van der Waals surface area contributed by atoms with Crippen molar-refractivity contribution >= 4 is 39.7 Å². The number of thiazole rings is 1. The number of nitrogens with two attached hydrogens (primary N) is 2. The largest absolute Gasteiger partial charge is 0.403 e. The Morgan fingerprint density at radius 3 is 3.08 bits per heavy atom. The van der Waals surface area contributed by atoms with E-state index in [-0.39, 0.29) is 6.04 Å². The normalized spacial score (nSPS) is 18.8. The van der Waals surface area contributed by atoms with Crippen LogP contribution in [-0.4, -0.2) is 26.4 Å². The van der Waals surface area contributed by atoms with E-state index in [1.807, 2.05) is 29.9 Å². The van der Waals surface area contributed by atoms with Crippen LogP contribution in [0.2, 0.25) is 5.02 Å². The van der Waals surface area contributed by atoms with Gasteiger partial charge in [0.1, 0.15) is 10.7 Å². The van der Waals surface area contributed by atoms with Crippen LogP contribution in [0.5, 0.6) is 0 Å². The highest BCUT2D eigenvalue weighted by atomic mass is 35.5. The van der Waals surface area contributed by atoms with Gasteiger partial charge in [0.25, 0.3) is 0 Å². The molecule has 6 nitrogen and oxygen atoms in total. The number of halogens is 1. The van der Waals surface area contributed by atoms with E-state index in [9.17, 15) is 0 Å². The summed E-state index contributed by atoms with van der Waals surface area (Å²) in [6.45, 7) is 0.929. The molecule has 4 heterocycles. The first-order valence-electron chi connectivity index (χ1n) is 8.35. The maximum atomic E-state index is 6.40. The Kier molecular flexibility index (Phi) is 4.57. The molecule has 0 saturated carbocycles. The van der Waals surface area contributed by atoms with Crippen molar-refractivity contribution in [2.45, 2.75) is 18.9 Å². The zero-order valence-electron chi connectivity index (χ0n) is 14.0. The van der Waals surface area contributed by atoms with Crippen LogP contribution < -0.4 is 11.5 Å². The van der Waals surface area contributed by atoms with Crippen molar-refractivity contribution in [1.29, 1.82) is 0 Å². The molecule has 8 heteroatoms. The molecule has 0 aromatic carbocycles. The van der Waals surface area contributed by atoms with Crippen molar-refractivity contribution in [3.8, 4) is 0 Å². The van der Waals surface area contributed by atoms with E-state index in [0.29, 0.717) is 10.7 Å². The zero-order valence-corrected chi connectivity index (χ0v) is 15.6. The lowest BCUT2D eigenvalue weighted by molar-refractivity contribution is 0.335. The van der Waals surface area contributed by atoms with Crippen molar-refractivity contribution in [1.82, 2.24) is 19.9 Å². The topological polar surface area (TPSA) is 96.8 Å². The van der Waals surface area contributed by atoms with Gasteiger partial charge in [0, 0.05) is 53.4 Å². The molecule has 1 unspecified atom stereocenters. The second-order valence-corrected chi connectivity index (χ2v) is 7.53. The molecule has 3 aromatic heterocycles. The molecule has 5 N–H and O–H groups in total. The van der Waals surface area contributed by atoms with Gasteiger partial charge in [0.2, 0.25) is 0 Å². The Morgan fingerprint density at radius 1 is 1.42 bits per heavy atom. The average Bonchev–Trinajstić information content (AvgIpc) is 3.37. The summed E-state index contributed by atoms with van der Waals surface area (Å²) in [5.74, 6) is 0. The van der Waals surface area contributed by atoms with Crippen LogP contribution in [0, 0.1) is 0 Å². The SMILES string of the molecule is N/C=C(\C=C(/N)c1c[nH]c2ncc(Cl)cc12)N1CCCC1c1nccs1. The van der Waals surface area contributed by atoms with Crippen LogP contribution in [0.15, 0.2) is 48.0 Å². The first kappa shape index (κ1) is 16.9. The fourth-order valence-electron chi connectivity index (χ4n) is 3.41. The van der Waals surface area contributed by atoms with Crippen molar-refractivity contribution in [3.05, 3.63) is 63.6 Å². The van der Waals surface area contributed by atoms with Gasteiger partial charge in [0.05, 0.1) is 16.8 Å². The summed E-state index contributed by atoms with van der Waals surface area (Å²) >= 11 is 7.75. The first-order valence-corrected chi connectivity index (χ1v) is 9.61. The first-order chi connectivity index (χ1) is 12.7. The van der Waals surface area contributed by atoms with E-state index in [1.54, 1.807) is 23.7 Å². The quantitative estimate of drug-likeness (QED) is 0.595. The van der Waals surface area contributed by atoms with Crippen molar-refractivity contribution in [2.24, 2.45) is 11.5 Å². The van der Waals surface area contributed by atoms with E-state index < -0.39 is 0 Å². The molecule has 1 saturated heterocycles. The molecule has 4 rings (SSSR count). The van der Waals surface area contributed by atoms with Gasteiger partial charge in [-0.15, -0.1) is 11.3 Å². The highest BCUT2D eigenvalue weighted by molar-refractivity contribution is 7.09. The summed E-state index contributed by atoms with van der Waals surface area (Å²) in [7, 11) is 0. The van der Waals surface area contributed by atoms with Gasteiger partial charge < -0.3 is 21.4 Å². The minimum atomic E-state index is 0.243. The van der Waals surface area contributed by atoms with Crippen LogP contribution >= 0.6 is 22.9 Å². The zero-order chi connectivity index (χ0) is 18.1. The number of fused-ring (bicyclic) bond motifs is 1. The Bertz CT molecular complexity index is 975. The predicted octanol–water partition coefficient (Wildman–Crippen LogP) is 3.61. The Balaban J connectivity index is 1.67. The molecule has 0 bridgehead atoms. The van der Waals surface area contributed by atoms with Gasteiger partial charge >= 0.3 is 0 Å². The molecular formula is C18H19ClN6S. The lowest BCUT2D eigenvalue weighted by atomic mass is 10.1. The van der Waals surface area contributed by atoms with E-state index in [2.05, 4.69) is 19.9 Å². The highest BCUT2D eigenvalue weighted by Gasteiger charge is 2.28. The summed E-state index contributed by atoms with van der Waals surface area (Å²) in [5.41, 5.74) is 15.5. The van der Waals surface area contributed by atoms with Crippen LogP contribution in [0.4, 0.5) is 0 Å². The lowest BCUT2D eigenvalue weighted by Crippen LogP contribution is -2.23. The van der Waals surface area contributed by atoms with Crippen LogP contribution in [0.1, 0.15) is 29.5 Å². The third-order valence-electron chi connectivity index (χ3n) is 4.60. The molecule has 0 spiro atoms. The number of nitrogens with zero attached hydrogens (tertiary/aromatic N) is 3. The van der Waals surface area contributed by atoms with Crippen LogP contribution in [0.25, 0.3) is 16.7 Å². The maximum absolute atomic E-state index is 6.40. The molecule has 1 atom stereocenters. The minimum Gasteiger partial charge on any atom is -0.403 e. The molecule has 1 aliphatic rings. The van der Waals surface area contributed by atoms with Crippen molar-refractivity contribution < 1.29 is 0 Å². The number of likely N-dealkylation sites (tertiary alicyclic amines) is 1. The van der Waals surface area contributed by atoms with E-state index in [4.69, 9.17) is 23.1 Å². The van der Waals surface area contributed by atoms with Crippen LogP contribution in [0.3, 0.4) is 0 Å². The number of aromatic amines is 1. The summed E-state index contributed by atoms with van der Waals surface area (Å²) in [6.07, 6.45) is 11.0. The van der Waals surface area contributed by atoms with Gasteiger partial charge in [0.15, 0.2) is 0 Å². The van der Waals surface area contributed by atoms with E-state index >= 15 is 0 Å². The molecule has 1 fully saturated rings. The Hall–Kier alpha value is -2.51. The number of hydrogen-bond donors (Lipinski definition) is 3. The number of hydrogen-bond acceptors (Lipinski definition) is 6. The standard InChI is InChI=1S/C18H19ClN6S/c19-11-6-13-14(10-24-17(13)23-9-11)15(21)7-12(8-20)25-4-1-2-16(25)18-22-3-5-26-18/h3,5-10,16H,1-2,4,20-21H2,(H,23,24)/b12-8+,15-7-. The number of nitrogens with one attached hydrogen (secondary N) is 1. The fraction of sp³-hybridized carbons (Fsp3) is 0.222. The molecule has 0 radical (unpaired) electrons. The minimum absolute atomic E-state index is 0.243. The molecular weight excluding hydrogens is 368 g/mol. The number of aromatic nitrogens is 3. The van der Waals surface area contributed by atoms with Gasteiger partial charge in [-0.3, -0.25) is 0 Å². The lowest BCUT2D eigenvalue weighted by Gasteiger charge is -2.26. The smallest absolute Gasteiger partial charge is 0.138 e. The van der Waals surface area contributed by atoms with E-state index in [1.165, 1.54) is 0 Å². The molecule has 1 aliphatic heterocycles. The molecule has 3 aromatic rings. The third kappa shape index (κ3) is 3.04. The monoisotopic (exact) mass is 386 g/mol. The highest BCUT2D eigenvalue weighted by Crippen LogP contribution is 2.36. The van der Waals surface area contributed by atoms with Gasteiger partial charge in [-0.1, -0.05) is 11.6 Å². The van der Waals surface area contributed by atoms with Crippen molar-refractivity contribution in [3.63, 3.8) is 0 Å². The molecule has 0 amide bonds. The number of pyridine rings is 1. The second-order valence-electron chi connectivity index (χ2n) is 6.17. The Morgan fingerprint density at radius 2 is 2.31 bits per heavy atom. The number of rotatable bonds is 4. The Labute approximate surface area is 160 Å². The summed E-state index contributed by atoms with van der Waals surface area (Å²) in [5, 5.41) is 4.58. The predicted molar refractivity (Wildman–Crippen MR) is 106 cm³/mol. The van der Waals surface area contributed by atoms with Gasteiger partial charge in [-0.2, -0.15) is 0 Å². The summed E-state index contributed by atoms with van der Waals surface area (Å²) in [4.78, 5) is 14.1. The summed E-state index contributed by atoms with van der Waals surface area (Å²) < 4.78 is 0. The third-order valence-corrected chi connectivity index (χ3v) is 5.69. The van der Waals surface area contributed by atoms with Gasteiger partial charge in [-0.25, -0.2) is 9.97 Å². The maximum Gasteiger partial charge on any atom is 0.138 e. The van der Waals surface area contributed by atoms with Crippen molar-refractivity contribution in [2.75, 3.05) is 6.54 Å². The summed E-state index contributed by atoms with van der Waals surface area (Å²) in [6, 6.07) is 2.10. The number of H-pyrrole nitrogens is 1. The van der Waals surface area contributed by atoms with Gasteiger partial charge in [-0.05, 0) is 25.0 Å². The molecule has 0 aliphatic carbocycles. The molecule has 26 heavy (non-hydrogen) atoms.